The average molecular weight is 256 g/mol. The fourth-order valence-electron chi connectivity index (χ4n) is 1.69. The summed E-state index contributed by atoms with van der Waals surface area (Å²) in [4.78, 5) is 0. The van der Waals surface area contributed by atoms with E-state index in [1.165, 1.54) is 4.31 Å². The number of hydrogen-bond acceptors (Lipinski definition) is 3. The largest absolute Gasteiger partial charge is 0.329 e. The zero-order valence-electron chi connectivity index (χ0n) is 10.8. The standard InChI is InChI=1S/C12H20N2O2S/c1-9-5-6-12(10(2)7-9)14(4)17(15,16)11(3)8-13/h5-7,11H,8,13H2,1-4H3. The predicted molar refractivity (Wildman–Crippen MR) is 71.8 cm³/mol. The molecule has 0 fully saturated rings. The van der Waals surface area contributed by atoms with Crippen molar-refractivity contribution in [2.24, 2.45) is 5.73 Å². The molecular weight excluding hydrogens is 236 g/mol. The van der Waals surface area contributed by atoms with Crippen molar-refractivity contribution in [2.75, 3.05) is 17.9 Å². The van der Waals surface area contributed by atoms with Crippen LogP contribution in [0.5, 0.6) is 0 Å². The minimum absolute atomic E-state index is 0.123. The summed E-state index contributed by atoms with van der Waals surface area (Å²) in [6.07, 6.45) is 0. The first-order chi connectivity index (χ1) is 7.80. The van der Waals surface area contributed by atoms with E-state index in [0.29, 0.717) is 5.69 Å². The van der Waals surface area contributed by atoms with Gasteiger partial charge in [-0.15, -0.1) is 0 Å². The Labute approximate surface area is 103 Å². The number of sulfonamides is 1. The summed E-state index contributed by atoms with van der Waals surface area (Å²) >= 11 is 0. The molecule has 0 saturated heterocycles. The van der Waals surface area contributed by atoms with Crippen LogP contribution in [0.2, 0.25) is 0 Å². The van der Waals surface area contributed by atoms with Gasteiger partial charge >= 0.3 is 0 Å². The molecule has 0 aliphatic rings. The van der Waals surface area contributed by atoms with Crippen molar-refractivity contribution in [3.8, 4) is 0 Å². The summed E-state index contributed by atoms with van der Waals surface area (Å²) in [5.74, 6) is 0. The first kappa shape index (κ1) is 14.0. The summed E-state index contributed by atoms with van der Waals surface area (Å²) < 4.78 is 25.6. The second-order valence-corrected chi connectivity index (χ2v) is 6.73. The van der Waals surface area contributed by atoms with Gasteiger partial charge in [0.25, 0.3) is 0 Å². The number of nitrogens with zero attached hydrogens (tertiary/aromatic N) is 1. The number of hydrogen-bond donors (Lipinski definition) is 1. The molecule has 17 heavy (non-hydrogen) atoms. The van der Waals surface area contributed by atoms with E-state index >= 15 is 0 Å². The monoisotopic (exact) mass is 256 g/mol. The molecule has 0 radical (unpaired) electrons. The summed E-state index contributed by atoms with van der Waals surface area (Å²) in [5, 5.41) is -0.576. The summed E-state index contributed by atoms with van der Waals surface area (Å²) in [6.45, 7) is 5.63. The second-order valence-electron chi connectivity index (χ2n) is 4.35. The van der Waals surface area contributed by atoms with Gasteiger partial charge in [-0.2, -0.15) is 0 Å². The molecule has 0 aromatic heterocycles. The minimum atomic E-state index is -3.37. The zero-order valence-corrected chi connectivity index (χ0v) is 11.6. The van der Waals surface area contributed by atoms with E-state index in [-0.39, 0.29) is 6.54 Å². The fourth-order valence-corrected chi connectivity index (χ4v) is 2.95. The SMILES string of the molecule is Cc1ccc(N(C)S(=O)(=O)C(C)CN)c(C)c1. The highest BCUT2D eigenvalue weighted by atomic mass is 32.2. The molecule has 1 rings (SSSR count). The lowest BCUT2D eigenvalue weighted by Crippen LogP contribution is -2.38. The molecule has 0 amide bonds. The highest BCUT2D eigenvalue weighted by Gasteiger charge is 2.25. The fraction of sp³-hybridized carbons (Fsp3) is 0.500. The van der Waals surface area contributed by atoms with Gasteiger partial charge in [-0.3, -0.25) is 4.31 Å². The Hall–Kier alpha value is -1.07. The molecule has 0 aliphatic carbocycles. The van der Waals surface area contributed by atoms with Crippen LogP contribution in [0.4, 0.5) is 5.69 Å². The van der Waals surface area contributed by atoms with Gasteiger partial charge in [-0.1, -0.05) is 17.7 Å². The number of benzene rings is 1. The van der Waals surface area contributed by atoms with E-state index in [0.717, 1.165) is 11.1 Å². The number of rotatable bonds is 4. The third-order valence-electron chi connectivity index (χ3n) is 2.91. The van der Waals surface area contributed by atoms with Crippen molar-refractivity contribution in [3.05, 3.63) is 29.3 Å². The molecule has 0 aliphatic heterocycles. The molecule has 0 saturated carbocycles. The lowest BCUT2D eigenvalue weighted by atomic mass is 10.1. The zero-order chi connectivity index (χ0) is 13.2. The van der Waals surface area contributed by atoms with Crippen LogP contribution in [-0.2, 0) is 10.0 Å². The van der Waals surface area contributed by atoms with Gasteiger partial charge in [-0.05, 0) is 32.4 Å². The van der Waals surface area contributed by atoms with Gasteiger partial charge in [0.15, 0.2) is 0 Å². The molecule has 0 spiro atoms. The average Bonchev–Trinajstić information content (AvgIpc) is 2.27. The van der Waals surface area contributed by atoms with Crippen LogP contribution < -0.4 is 10.0 Å². The van der Waals surface area contributed by atoms with Gasteiger partial charge in [-0.25, -0.2) is 8.42 Å². The van der Waals surface area contributed by atoms with Gasteiger partial charge in [0.2, 0.25) is 10.0 Å². The van der Waals surface area contributed by atoms with Gasteiger partial charge in [0, 0.05) is 13.6 Å². The second kappa shape index (κ2) is 5.06. The molecule has 1 aromatic carbocycles. The molecule has 4 nitrogen and oxygen atoms in total. The summed E-state index contributed by atoms with van der Waals surface area (Å²) in [5.41, 5.74) is 8.19. The summed E-state index contributed by atoms with van der Waals surface area (Å²) in [6, 6.07) is 5.70. The van der Waals surface area contributed by atoms with Gasteiger partial charge in [0.1, 0.15) is 0 Å². The number of nitrogens with two attached hydrogens (primary N) is 1. The molecule has 5 heteroatoms. The summed E-state index contributed by atoms with van der Waals surface area (Å²) in [7, 11) is -1.80. The first-order valence-electron chi connectivity index (χ1n) is 5.55. The maximum atomic E-state index is 12.1. The Kier molecular flexibility index (Phi) is 4.16. The molecule has 2 N–H and O–H groups in total. The molecule has 1 aromatic rings. The minimum Gasteiger partial charge on any atom is -0.329 e. The highest BCUT2D eigenvalue weighted by Crippen LogP contribution is 2.23. The van der Waals surface area contributed by atoms with Crippen molar-refractivity contribution in [2.45, 2.75) is 26.0 Å². The van der Waals surface area contributed by atoms with Crippen LogP contribution in [0.1, 0.15) is 18.1 Å². The van der Waals surface area contributed by atoms with Crippen LogP contribution in [0.3, 0.4) is 0 Å². The van der Waals surface area contributed by atoms with Crippen LogP contribution in [-0.4, -0.2) is 27.3 Å². The van der Waals surface area contributed by atoms with Crippen molar-refractivity contribution >= 4 is 15.7 Å². The highest BCUT2D eigenvalue weighted by molar-refractivity contribution is 7.93. The smallest absolute Gasteiger partial charge is 0.238 e. The maximum Gasteiger partial charge on any atom is 0.238 e. The van der Waals surface area contributed by atoms with Crippen molar-refractivity contribution in [3.63, 3.8) is 0 Å². The van der Waals surface area contributed by atoms with Crippen LogP contribution in [0, 0.1) is 13.8 Å². The third-order valence-corrected chi connectivity index (χ3v) is 5.08. The Balaban J connectivity index is 3.17. The van der Waals surface area contributed by atoms with Crippen LogP contribution in [0.25, 0.3) is 0 Å². The van der Waals surface area contributed by atoms with Crippen molar-refractivity contribution in [1.82, 2.24) is 0 Å². The van der Waals surface area contributed by atoms with E-state index < -0.39 is 15.3 Å². The van der Waals surface area contributed by atoms with Crippen molar-refractivity contribution in [1.29, 1.82) is 0 Å². The van der Waals surface area contributed by atoms with Crippen molar-refractivity contribution < 1.29 is 8.42 Å². The lowest BCUT2D eigenvalue weighted by Gasteiger charge is -2.24. The van der Waals surface area contributed by atoms with Crippen LogP contribution in [0.15, 0.2) is 18.2 Å². The molecule has 0 heterocycles. The predicted octanol–water partition coefficient (Wildman–Crippen LogP) is 1.42. The Morgan fingerprint density at radius 3 is 2.41 bits per heavy atom. The molecule has 1 unspecified atom stereocenters. The number of aryl methyl sites for hydroxylation is 2. The van der Waals surface area contributed by atoms with E-state index in [2.05, 4.69) is 0 Å². The lowest BCUT2D eigenvalue weighted by molar-refractivity contribution is 0.582. The third kappa shape index (κ3) is 2.79. The maximum absolute atomic E-state index is 12.1. The van der Waals surface area contributed by atoms with Gasteiger partial charge in [0.05, 0.1) is 10.9 Å². The Morgan fingerprint density at radius 2 is 1.94 bits per heavy atom. The normalized spacial score (nSPS) is 13.5. The van der Waals surface area contributed by atoms with E-state index in [1.54, 1.807) is 14.0 Å². The molecular formula is C12H20N2O2S. The Bertz CT molecular complexity index is 497. The molecule has 96 valence electrons. The van der Waals surface area contributed by atoms with Gasteiger partial charge < -0.3 is 5.73 Å². The molecule has 1 atom stereocenters. The first-order valence-corrected chi connectivity index (χ1v) is 7.06. The quantitative estimate of drug-likeness (QED) is 0.886. The van der Waals surface area contributed by atoms with E-state index in [9.17, 15) is 8.42 Å². The topological polar surface area (TPSA) is 63.4 Å². The number of anilines is 1. The Morgan fingerprint density at radius 1 is 1.35 bits per heavy atom. The van der Waals surface area contributed by atoms with Crippen LogP contribution >= 0.6 is 0 Å². The van der Waals surface area contributed by atoms with E-state index in [1.807, 2.05) is 32.0 Å². The van der Waals surface area contributed by atoms with E-state index in [4.69, 9.17) is 5.73 Å². The molecule has 0 bridgehead atoms.